The summed E-state index contributed by atoms with van der Waals surface area (Å²) in [4.78, 5) is 5.41. The summed E-state index contributed by atoms with van der Waals surface area (Å²) < 4.78 is 0. The molecule has 0 atom stereocenters. The fraction of sp³-hybridized carbons (Fsp3) is 0.182. The van der Waals surface area contributed by atoms with Crippen molar-refractivity contribution in [2.45, 2.75) is 13.5 Å². The van der Waals surface area contributed by atoms with Gasteiger partial charge in [0.25, 0.3) is 0 Å². The van der Waals surface area contributed by atoms with Crippen LogP contribution in [0.3, 0.4) is 0 Å². The molecule has 2 aromatic rings. The van der Waals surface area contributed by atoms with Crippen molar-refractivity contribution in [1.82, 2.24) is 4.98 Å². The largest absolute Gasteiger partial charge is 0.325 e. The van der Waals surface area contributed by atoms with E-state index >= 15 is 0 Å². The van der Waals surface area contributed by atoms with Crippen molar-refractivity contribution in [3.8, 4) is 10.4 Å². The van der Waals surface area contributed by atoms with E-state index < -0.39 is 0 Å². The van der Waals surface area contributed by atoms with Crippen LogP contribution in [0.1, 0.15) is 10.6 Å². The van der Waals surface area contributed by atoms with Gasteiger partial charge in [0.1, 0.15) is 5.01 Å². The molecule has 0 saturated carbocycles. The predicted molar refractivity (Wildman–Crippen MR) is 60.2 cm³/mol. The molecule has 1 heterocycles. The molecule has 0 unspecified atom stereocenters. The third-order valence-electron chi connectivity index (χ3n) is 2.06. The van der Waals surface area contributed by atoms with Crippen LogP contribution in [0.25, 0.3) is 10.4 Å². The number of rotatable bonds is 2. The van der Waals surface area contributed by atoms with Gasteiger partial charge in [-0.1, -0.05) is 29.8 Å². The molecule has 2 N–H and O–H groups in total. The summed E-state index contributed by atoms with van der Waals surface area (Å²) >= 11 is 1.66. The van der Waals surface area contributed by atoms with Crippen molar-refractivity contribution >= 4 is 11.3 Å². The second kappa shape index (κ2) is 3.90. The summed E-state index contributed by atoms with van der Waals surface area (Å²) in [5.74, 6) is 0. The summed E-state index contributed by atoms with van der Waals surface area (Å²) in [6.07, 6.45) is 1.89. The van der Waals surface area contributed by atoms with E-state index in [9.17, 15) is 0 Å². The van der Waals surface area contributed by atoms with Crippen molar-refractivity contribution in [2.75, 3.05) is 0 Å². The molecular formula is C11H12N2S. The molecule has 0 saturated heterocycles. The Morgan fingerprint density at radius 2 is 2.00 bits per heavy atom. The van der Waals surface area contributed by atoms with Gasteiger partial charge in [0.2, 0.25) is 0 Å². The van der Waals surface area contributed by atoms with Crippen LogP contribution < -0.4 is 5.73 Å². The number of nitrogens with two attached hydrogens (primary N) is 1. The van der Waals surface area contributed by atoms with Crippen LogP contribution in [0.2, 0.25) is 0 Å². The molecule has 0 amide bonds. The summed E-state index contributed by atoms with van der Waals surface area (Å²) in [6.45, 7) is 2.61. The first-order valence-electron chi connectivity index (χ1n) is 4.51. The van der Waals surface area contributed by atoms with Gasteiger partial charge in [-0.25, -0.2) is 4.98 Å². The first-order valence-corrected chi connectivity index (χ1v) is 5.33. The Balaban J connectivity index is 2.34. The SMILES string of the molecule is Cc1ccc(-c2cnc(CN)s2)cc1. The Labute approximate surface area is 87.4 Å². The van der Waals surface area contributed by atoms with E-state index in [1.807, 2.05) is 6.20 Å². The number of thiazole rings is 1. The maximum atomic E-state index is 5.51. The Kier molecular flexibility index (Phi) is 2.61. The molecular weight excluding hydrogens is 192 g/mol. The van der Waals surface area contributed by atoms with E-state index in [1.165, 1.54) is 16.0 Å². The molecule has 72 valence electrons. The van der Waals surface area contributed by atoms with E-state index in [1.54, 1.807) is 11.3 Å². The van der Waals surface area contributed by atoms with Gasteiger partial charge in [0, 0.05) is 12.7 Å². The number of hydrogen-bond donors (Lipinski definition) is 1. The van der Waals surface area contributed by atoms with Gasteiger partial charge >= 0.3 is 0 Å². The molecule has 0 aliphatic carbocycles. The highest BCUT2D eigenvalue weighted by Crippen LogP contribution is 2.25. The lowest BCUT2D eigenvalue weighted by Gasteiger charge is -1.96. The molecule has 14 heavy (non-hydrogen) atoms. The summed E-state index contributed by atoms with van der Waals surface area (Å²) in [5, 5.41) is 0.987. The number of aryl methyl sites for hydroxylation is 1. The molecule has 0 aliphatic rings. The minimum absolute atomic E-state index is 0.524. The van der Waals surface area contributed by atoms with Crippen LogP contribution in [0.4, 0.5) is 0 Å². The van der Waals surface area contributed by atoms with Crippen molar-refractivity contribution in [3.63, 3.8) is 0 Å². The minimum Gasteiger partial charge on any atom is -0.325 e. The number of hydrogen-bond acceptors (Lipinski definition) is 3. The van der Waals surface area contributed by atoms with E-state index in [2.05, 4.69) is 36.2 Å². The fourth-order valence-corrected chi connectivity index (χ4v) is 2.06. The second-order valence-electron chi connectivity index (χ2n) is 3.19. The maximum Gasteiger partial charge on any atom is 0.107 e. The lowest BCUT2D eigenvalue weighted by Crippen LogP contribution is -1.93. The second-order valence-corrected chi connectivity index (χ2v) is 4.30. The van der Waals surface area contributed by atoms with E-state index in [-0.39, 0.29) is 0 Å². The smallest absolute Gasteiger partial charge is 0.107 e. The number of aromatic nitrogens is 1. The van der Waals surface area contributed by atoms with Crippen molar-refractivity contribution in [2.24, 2.45) is 5.73 Å². The third-order valence-corrected chi connectivity index (χ3v) is 3.13. The first kappa shape index (κ1) is 9.37. The maximum absolute atomic E-state index is 5.51. The normalized spacial score (nSPS) is 10.4. The van der Waals surface area contributed by atoms with Crippen LogP contribution in [0.15, 0.2) is 30.5 Å². The zero-order chi connectivity index (χ0) is 9.97. The standard InChI is InChI=1S/C11H12N2S/c1-8-2-4-9(5-3-8)10-7-13-11(6-12)14-10/h2-5,7H,6,12H2,1H3. The van der Waals surface area contributed by atoms with Crippen LogP contribution in [0, 0.1) is 6.92 Å². The van der Waals surface area contributed by atoms with Gasteiger partial charge in [-0.3, -0.25) is 0 Å². The molecule has 1 aromatic heterocycles. The Morgan fingerprint density at radius 3 is 2.57 bits per heavy atom. The Hall–Kier alpha value is -1.19. The van der Waals surface area contributed by atoms with Gasteiger partial charge in [-0.05, 0) is 12.5 Å². The number of benzene rings is 1. The zero-order valence-corrected chi connectivity index (χ0v) is 8.84. The van der Waals surface area contributed by atoms with Crippen molar-refractivity contribution in [1.29, 1.82) is 0 Å². The average molecular weight is 204 g/mol. The molecule has 0 radical (unpaired) electrons. The van der Waals surface area contributed by atoms with Crippen molar-refractivity contribution < 1.29 is 0 Å². The van der Waals surface area contributed by atoms with E-state index in [0.717, 1.165) is 5.01 Å². The lowest BCUT2D eigenvalue weighted by molar-refractivity contribution is 1.04. The molecule has 0 fully saturated rings. The quantitative estimate of drug-likeness (QED) is 0.816. The topological polar surface area (TPSA) is 38.9 Å². The molecule has 0 aliphatic heterocycles. The molecule has 3 heteroatoms. The molecule has 0 spiro atoms. The van der Waals surface area contributed by atoms with Gasteiger partial charge in [-0.15, -0.1) is 11.3 Å². The van der Waals surface area contributed by atoms with E-state index in [0.29, 0.717) is 6.54 Å². The Bertz CT molecular complexity index is 417. The van der Waals surface area contributed by atoms with Crippen LogP contribution in [0.5, 0.6) is 0 Å². The highest BCUT2D eigenvalue weighted by atomic mass is 32.1. The first-order chi connectivity index (χ1) is 6.79. The highest BCUT2D eigenvalue weighted by Gasteiger charge is 2.02. The minimum atomic E-state index is 0.524. The summed E-state index contributed by atoms with van der Waals surface area (Å²) in [5.41, 5.74) is 8.00. The highest BCUT2D eigenvalue weighted by molar-refractivity contribution is 7.15. The molecule has 1 aromatic carbocycles. The lowest BCUT2D eigenvalue weighted by atomic mass is 10.1. The van der Waals surface area contributed by atoms with Crippen LogP contribution in [-0.2, 0) is 6.54 Å². The van der Waals surface area contributed by atoms with Gasteiger partial charge in [0.15, 0.2) is 0 Å². The monoisotopic (exact) mass is 204 g/mol. The van der Waals surface area contributed by atoms with Crippen LogP contribution in [-0.4, -0.2) is 4.98 Å². The van der Waals surface area contributed by atoms with Gasteiger partial charge in [-0.2, -0.15) is 0 Å². The van der Waals surface area contributed by atoms with Gasteiger partial charge < -0.3 is 5.73 Å². The third kappa shape index (κ3) is 1.84. The fourth-order valence-electron chi connectivity index (χ4n) is 1.26. The number of nitrogens with zero attached hydrogens (tertiary/aromatic N) is 1. The summed E-state index contributed by atoms with van der Waals surface area (Å²) in [6, 6.07) is 8.45. The van der Waals surface area contributed by atoms with Gasteiger partial charge in [0.05, 0.1) is 4.88 Å². The zero-order valence-electron chi connectivity index (χ0n) is 8.03. The van der Waals surface area contributed by atoms with Crippen LogP contribution >= 0.6 is 11.3 Å². The average Bonchev–Trinajstić information content (AvgIpc) is 2.67. The molecule has 0 bridgehead atoms. The van der Waals surface area contributed by atoms with Crippen molar-refractivity contribution in [3.05, 3.63) is 41.0 Å². The molecule has 2 rings (SSSR count). The van der Waals surface area contributed by atoms with E-state index in [4.69, 9.17) is 5.73 Å². The Morgan fingerprint density at radius 1 is 1.29 bits per heavy atom. The predicted octanol–water partition coefficient (Wildman–Crippen LogP) is 2.58. The summed E-state index contributed by atoms with van der Waals surface area (Å²) in [7, 11) is 0. The molecule has 2 nitrogen and oxygen atoms in total.